The average Bonchev–Trinajstić information content (AvgIpc) is 2.33. The zero-order valence-electron chi connectivity index (χ0n) is 10.2. The fourth-order valence-corrected chi connectivity index (χ4v) is 1.65. The maximum Gasteiger partial charge on any atom is 0.411 e. The molecule has 0 aliphatic rings. The highest BCUT2D eigenvalue weighted by Gasteiger charge is 2.27. The van der Waals surface area contributed by atoms with Gasteiger partial charge in [0.15, 0.2) is 0 Å². The van der Waals surface area contributed by atoms with E-state index in [1.165, 1.54) is 0 Å². The zero-order valence-corrected chi connectivity index (χ0v) is 10.9. The number of hydrogen-bond acceptors (Lipinski definition) is 3. The minimum Gasteiger partial charge on any atom is -0.492 e. The molecule has 3 nitrogen and oxygen atoms in total. The standard InChI is InChI=1S/C12H15ClF3NO2/c13-10-4-1-3-9(7-17)11(10)19-6-2-5-18-8-12(14,15)16/h1,3-4H,2,5-8,17H2. The summed E-state index contributed by atoms with van der Waals surface area (Å²) in [5.74, 6) is 0.475. The smallest absolute Gasteiger partial charge is 0.411 e. The molecule has 0 unspecified atom stereocenters. The van der Waals surface area contributed by atoms with E-state index in [4.69, 9.17) is 22.1 Å². The topological polar surface area (TPSA) is 44.5 Å². The first-order chi connectivity index (χ1) is 8.94. The summed E-state index contributed by atoms with van der Waals surface area (Å²) in [6, 6.07) is 5.20. The molecule has 1 aromatic carbocycles. The molecule has 0 amide bonds. The van der Waals surface area contributed by atoms with Gasteiger partial charge in [-0.25, -0.2) is 0 Å². The Hall–Kier alpha value is -0.980. The summed E-state index contributed by atoms with van der Waals surface area (Å²) in [4.78, 5) is 0. The third-order valence-corrected chi connectivity index (χ3v) is 2.51. The monoisotopic (exact) mass is 297 g/mol. The molecular formula is C12H15ClF3NO2. The van der Waals surface area contributed by atoms with Crippen LogP contribution in [0.5, 0.6) is 5.75 Å². The van der Waals surface area contributed by atoms with Crippen molar-refractivity contribution in [3.8, 4) is 5.75 Å². The van der Waals surface area contributed by atoms with E-state index in [1.807, 2.05) is 0 Å². The van der Waals surface area contributed by atoms with Gasteiger partial charge < -0.3 is 15.2 Å². The largest absolute Gasteiger partial charge is 0.492 e. The Kier molecular flexibility index (Phi) is 6.41. The Morgan fingerprint density at radius 1 is 1.21 bits per heavy atom. The van der Waals surface area contributed by atoms with Crippen LogP contribution in [0.3, 0.4) is 0 Å². The normalized spacial score (nSPS) is 11.6. The van der Waals surface area contributed by atoms with Gasteiger partial charge in [-0.15, -0.1) is 0 Å². The van der Waals surface area contributed by atoms with Crippen molar-refractivity contribution in [2.75, 3.05) is 19.8 Å². The lowest BCUT2D eigenvalue weighted by molar-refractivity contribution is -0.174. The highest BCUT2D eigenvalue weighted by atomic mass is 35.5. The van der Waals surface area contributed by atoms with Gasteiger partial charge in [0.25, 0.3) is 0 Å². The van der Waals surface area contributed by atoms with Gasteiger partial charge in [0, 0.05) is 18.5 Å². The molecular weight excluding hydrogens is 283 g/mol. The quantitative estimate of drug-likeness (QED) is 0.786. The predicted molar refractivity (Wildman–Crippen MR) is 66.3 cm³/mol. The van der Waals surface area contributed by atoms with Crippen molar-refractivity contribution in [2.24, 2.45) is 5.73 Å². The summed E-state index contributed by atoms with van der Waals surface area (Å²) in [6.07, 6.45) is -3.96. The van der Waals surface area contributed by atoms with Crippen LogP contribution in [0, 0.1) is 0 Å². The second-order valence-electron chi connectivity index (χ2n) is 3.80. The summed E-state index contributed by atoms with van der Waals surface area (Å²) in [5, 5.41) is 0.430. The van der Waals surface area contributed by atoms with Gasteiger partial charge in [-0.05, 0) is 6.07 Å². The first-order valence-corrected chi connectivity index (χ1v) is 6.06. The minimum atomic E-state index is -4.30. The van der Waals surface area contributed by atoms with Gasteiger partial charge in [0.2, 0.25) is 0 Å². The first-order valence-electron chi connectivity index (χ1n) is 5.69. The van der Waals surface area contributed by atoms with Crippen LogP contribution < -0.4 is 10.5 Å². The molecule has 0 fully saturated rings. The van der Waals surface area contributed by atoms with Crippen LogP contribution in [0.2, 0.25) is 5.02 Å². The number of benzene rings is 1. The Balaban J connectivity index is 2.30. The third kappa shape index (κ3) is 6.13. The maximum atomic E-state index is 11.8. The molecule has 0 aliphatic carbocycles. The van der Waals surface area contributed by atoms with E-state index in [0.717, 1.165) is 5.56 Å². The van der Waals surface area contributed by atoms with Gasteiger partial charge in [0.1, 0.15) is 12.4 Å². The number of nitrogens with two attached hydrogens (primary N) is 1. The second-order valence-corrected chi connectivity index (χ2v) is 4.21. The maximum absolute atomic E-state index is 11.8. The summed E-state index contributed by atoms with van der Waals surface area (Å²) in [6.45, 7) is -0.774. The minimum absolute atomic E-state index is 0.0259. The van der Waals surface area contributed by atoms with Crippen LogP contribution in [0.25, 0.3) is 0 Å². The van der Waals surface area contributed by atoms with Crippen LogP contribution in [0.1, 0.15) is 12.0 Å². The molecule has 0 atom stereocenters. The highest BCUT2D eigenvalue weighted by Crippen LogP contribution is 2.28. The van der Waals surface area contributed by atoms with Gasteiger partial charge in [-0.1, -0.05) is 23.7 Å². The van der Waals surface area contributed by atoms with Crippen LogP contribution >= 0.6 is 11.6 Å². The van der Waals surface area contributed by atoms with E-state index >= 15 is 0 Å². The molecule has 0 aliphatic heterocycles. The lowest BCUT2D eigenvalue weighted by Gasteiger charge is -2.12. The Morgan fingerprint density at radius 3 is 2.58 bits per heavy atom. The van der Waals surface area contributed by atoms with Crippen molar-refractivity contribution in [3.63, 3.8) is 0 Å². The van der Waals surface area contributed by atoms with Crippen LogP contribution in [0.15, 0.2) is 18.2 Å². The number of alkyl halides is 3. The lowest BCUT2D eigenvalue weighted by Crippen LogP contribution is -2.18. The van der Waals surface area contributed by atoms with Gasteiger partial charge in [0.05, 0.1) is 18.2 Å². The highest BCUT2D eigenvalue weighted by molar-refractivity contribution is 6.32. The number of halogens is 4. The summed E-state index contributed by atoms with van der Waals surface area (Å²) in [7, 11) is 0. The molecule has 0 saturated carbocycles. The molecule has 7 heteroatoms. The molecule has 19 heavy (non-hydrogen) atoms. The molecule has 1 rings (SSSR count). The van der Waals surface area contributed by atoms with Gasteiger partial charge in [-0.3, -0.25) is 0 Å². The SMILES string of the molecule is NCc1cccc(Cl)c1OCCCOCC(F)(F)F. The zero-order chi connectivity index (χ0) is 14.3. The van der Waals surface area contributed by atoms with E-state index in [-0.39, 0.29) is 19.8 Å². The van der Waals surface area contributed by atoms with Crippen LogP contribution in [-0.2, 0) is 11.3 Å². The number of ether oxygens (including phenoxy) is 2. The molecule has 108 valence electrons. The van der Waals surface area contributed by atoms with Crippen molar-refractivity contribution in [3.05, 3.63) is 28.8 Å². The van der Waals surface area contributed by atoms with Crippen molar-refractivity contribution >= 4 is 11.6 Å². The molecule has 1 aromatic rings. The molecule has 0 spiro atoms. The average molecular weight is 298 g/mol. The van der Waals surface area contributed by atoms with Gasteiger partial charge >= 0.3 is 6.18 Å². The fraction of sp³-hybridized carbons (Fsp3) is 0.500. The lowest BCUT2D eigenvalue weighted by atomic mass is 10.2. The number of hydrogen-bond donors (Lipinski definition) is 1. The van der Waals surface area contributed by atoms with E-state index in [1.54, 1.807) is 18.2 Å². The summed E-state index contributed by atoms with van der Waals surface area (Å²) >= 11 is 5.95. The molecule has 0 bridgehead atoms. The molecule has 0 saturated heterocycles. The van der Waals surface area contributed by atoms with Crippen molar-refractivity contribution in [1.29, 1.82) is 0 Å². The van der Waals surface area contributed by atoms with Crippen LogP contribution in [-0.4, -0.2) is 26.0 Å². The van der Waals surface area contributed by atoms with Crippen LogP contribution in [0.4, 0.5) is 13.2 Å². The Bertz CT molecular complexity index is 399. The van der Waals surface area contributed by atoms with Gasteiger partial charge in [-0.2, -0.15) is 13.2 Å². The van der Waals surface area contributed by atoms with Crippen molar-refractivity contribution in [1.82, 2.24) is 0 Å². The molecule has 2 N–H and O–H groups in total. The third-order valence-electron chi connectivity index (χ3n) is 2.21. The Labute approximate surface area is 114 Å². The molecule has 0 aromatic heterocycles. The predicted octanol–water partition coefficient (Wildman–Crippen LogP) is 3.15. The van der Waals surface area contributed by atoms with E-state index in [0.29, 0.717) is 17.2 Å². The fourth-order valence-electron chi connectivity index (χ4n) is 1.40. The first kappa shape index (κ1) is 16.1. The molecule has 0 heterocycles. The van der Waals surface area contributed by atoms with E-state index < -0.39 is 12.8 Å². The summed E-state index contributed by atoms with van der Waals surface area (Å²) in [5.41, 5.74) is 6.28. The van der Waals surface area contributed by atoms with Crippen molar-refractivity contribution < 1.29 is 22.6 Å². The number of rotatable bonds is 7. The number of para-hydroxylation sites is 1. The van der Waals surface area contributed by atoms with E-state index in [9.17, 15) is 13.2 Å². The van der Waals surface area contributed by atoms with E-state index in [2.05, 4.69) is 4.74 Å². The Morgan fingerprint density at radius 2 is 1.95 bits per heavy atom. The van der Waals surface area contributed by atoms with Crippen molar-refractivity contribution in [2.45, 2.75) is 19.1 Å². The molecule has 0 radical (unpaired) electrons. The second kappa shape index (κ2) is 7.57. The summed E-state index contributed by atoms with van der Waals surface area (Å²) < 4.78 is 45.3.